The van der Waals surface area contributed by atoms with E-state index >= 15 is 0 Å². The van der Waals surface area contributed by atoms with Gasteiger partial charge in [0.25, 0.3) is 0 Å². The standard InChI is InChI=1S/4C8H10O.2Ti/c4*1-6-3-4-8(9)7(2)5-6;;/h4*3-5,9H,1-2H3;;/q;;;;2*+2/p-4. The summed E-state index contributed by atoms with van der Waals surface area (Å²) in [4.78, 5) is 0. The summed E-state index contributed by atoms with van der Waals surface area (Å²) < 4.78 is 0. The molecule has 4 aromatic carbocycles. The molecule has 4 nitrogen and oxygen atoms in total. The van der Waals surface area contributed by atoms with Crippen LogP contribution >= 0.6 is 0 Å². The van der Waals surface area contributed by atoms with Crippen LogP contribution < -0.4 is 20.4 Å². The van der Waals surface area contributed by atoms with Crippen molar-refractivity contribution in [3.8, 4) is 23.0 Å². The average molecular weight is 580 g/mol. The van der Waals surface area contributed by atoms with Crippen LogP contribution in [-0.4, -0.2) is 0 Å². The Kier molecular flexibility index (Phi) is 18.5. The second-order valence-electron chi connectivity index (χ2n) is 9.08. The van der Waals surface area contributed by atoms with Gasteiger partial charge in [0.2, 0.25) is 0 Å². The summed E-state index contributed by atoms with van der Waals surface area (Å²) in [5.41, 5.74) is 7.90. The van der Waals surface area contributed by atoms with Crippen LogP contribution in [0.4, 0.5) is 0 Å². The summed E-state index contributed by atoms with van der Waals surface area (Å²) in [5, 5.41) is 43.1. The zero-order valence-electron chi connectivity index (χ0n) is 23.6. The van der Waals surface area contributed by atoms with Gasteiger partial charge in [-0.1, -0.05) is 117 Å². The number of hydrogen-bond donors (Lipinski definition) is 0. The van der Waals surface area contributed by atoms with Crippen molar-refractivity contribution < 1.29 is 63.9 Å². The fraction of sp³-hybridized carbons (Fsp3) is 0.250. The maximum absolute atomic E-state index is 10.8. The van der Waals surface area contributed by atoms with Crippen molar-refractivity contribution in [2.24, 2.45) is 0 Å². The van der Waals surface area contributed by atoms with Crippen molar-refractivity contribution in [2.75, 3.05) is 0 Å². The van der Waals surface area contributed by atoms with Crippen molar-refractivity contribution in [1.82, 2.24) is 0 Å². The molecule has 0 aliphatic carbocycles. The van der Waals surface area contributed by atoms with E-state index in [2.05, 4.69) is 0 Å². The predicted molar refractivity (Wildman–Crippen MR) is 141 cm³/mol. The van der Waals surface area contributed by atoms with Gasteiger partial charge in [-0.2, -0.15) is 0 Å². The molecule has 0 aromatic heterocycles. The molecule has 0 spiro atoms. The van der Waals surface area contributed by atoms with Gasteiger partial charge < -0.3 is 20.4 Å². The van der Waals surface area contributed by atoms with Crippen LogP contribution in [0.3, 0.4) is 0 Å². The molecule has 0 fully saturated rings. The van der Waals surface area contributed by atoms with E-state index in [-0.39, 0.29) is 66.4 Å². The molecule has 0 saturated heterocycles. The van der Waals surface area contributed by atoms with E-state index in [0.29, 0.717) is 0 Å². The van der Waals surface area contributed by atoms with Crippen molar-refractivity contribution in [2.45, 2.75) is 55.4 Å². The molecule has 0 bridgehead atoms. The van der Waals surface area contributed by atoms with E-state index in [1.807, 2.05) is 104 Å². The Bertz CT molecular complexity index is 1070. The van der Waals surface area contributed by atoms with Gasteiger partial charge in [-0.15, -0.1) is 23.0 Å². The molecule has 0 N–H and O–H groups in total. The van der Waals surface area contributed by atoms with Crippen LogP contribution in [0.1, 0.15) is 44.5 Å². The molecule has 0 unspecified atom stereocenters. The first-order valence-corrected chi connectivity index (χ1v) is 11.8. The van der Waals surface area contributed by atoms with Gasteiger partial charge in [0.1, 0.15) is 0 Å². The van der Waals surface area contributed by atoms with Gasteiger partial charge in [0, 0.05) is 0 Å². The summed E-state index contributed by atoms with van der Waals surface area (Å²) in [6.45, 7) is 15.2. The molecular weight excluding hydrogens is 544 g/mol. The molecule has 0 amide bonds. The second-order valence-corrected chi connectivity index (χ2v) is 9.08. The van der Waals surface area contributed by atoms with Crippen molar-refractivity contribution in [3.05, 3.63) is 117 Å². The number of hydrogen-bond acceptors (Lipinski definition) is 4. The van der Waals surface area contributed by atoms with Gasteiger partial charge in [0.05, 0.1) is 0 Å². The first kappa shape index (κ1) is 37.7. The Morgan fingerprint density at radius 1 is 0.316 bits per heavy atom. The van der Waals surface area contributed by atoms with Crippen LogP contribution in [0.15, 0.2) is 72.8 Å². The first-order valence-electron chi connectivity index (χ1n) is 11.8. The van der Waals surface area contributed by atoms with Crippen molar-refractivity contribution >= 4 is 0 Å². The normalized spacial score (nSPS) is 9.05. The van der Waals surface area contributed by atoms with Crippen LogP contribution in [0.25, 0.3) is 0 Å². The summed E-state index contributed by atoms with van der Waals surface area (Å²) in [7, 11) is 0. The molecule has 0 radical (unpaired) electrons. The summed E-state index contributed by atoms with van der Waals surface area (Å²) in [6, 6.07) is 21.3. The van der Waals surface area contributed by atoms with E-state index in [1.165, 1.54) is 0 Å². The molecule has 4 rings (SSSR count). The third kappa shape index (κ3) is 14.4. The Morgan fingerprint density at radius 3 is 0.579 bits per heavy atom. The third-order valence-electron chi connectivity index (χ3n) is 5.32. The Balaban J connectivity index is 0. The van der Waals surface area contributed by atoms with E-state index in [9.17, 15) is 20.4 Å². The minimum Gasteiger partial charge on any atom is -0.872 e. The van der Waals surface area contributed by atoms with E-state index in [0.717, 1.165) is 44.5 Å². The van der Waals surface area contributed by atoms with Crippen molar-refractivity contribution in [3.63, 3.8) is 0 Å². The van der Waals surface area contributed by atoms with Crippen LogP contribution in [0.2, 0.25) is 0 Å². The van der Waals surface area contributed by atoms with Gasteiger partial charge >= 0.3 is 43.4 Å². The van der Waals surface area contributed by atoms with Crippen LogP contribution in [-0.2, 0) is 43.4 Å². The summed E-state index contributed by atoms with van der Waals surface area (Å²) in [6.07, 6.45) is 0. The molecule has 0 atom stereocenters. The molecular formula is C32H36O4Ti2. The fourth-order valence-electron chi connectivity index (χ4n) is 3.20. The van der Waals surface area contributed by atoms with E-state index in [1.54, 1.807) is 24.3 Å². The smallest absolute Gasteiger partial charge is 0.872 e. The number of aryl methyl sites for hydroxylation is 8. The average Bonchev–Trinajstić information content (AvgIpc) is 2.81. The number of benzene rings is 4. The Hall–Kier alpha value is -2.49. The minimum atomic E-state index is 0. The quantitative estimate of drug-likeness (QED) is 0.257. The predicted octanol–water partition coefficient (Wildman–Crippen LogP) is 5.50. The second kappa shape index (κ2) is 18.7. The molecule has 4 aromatic rings. The van der Waals surface area contributed by atoms with E-state index in [4.69, 9.17) is 0 Å². The molecule has 0 heterocycles. The Morgan fingerprint density at radius 2 is 0.474 bits per heavy atom. The van der Waals surface area contributed by atoms with Crippen LogP contribution in [0.5, 0.6) is 23.0 Å². The minimum absolute atomic E-state index is 0. The van der Waals surface area contributed by atoms with E-state index < -0.39 is 0 Å². The molecule has 0 aliphatic rings. The van der Waals surface area contributed by atoms with Gasteiger partial charge in [-0.05, 0) is 55.4 Å². The molecule has 38 heavy (non-hydrogen) atoms. The fourth-order valence-corrected chi connectivity index (χ4v) is 3.20. The maximum atomic E-state index is 10.8. The SMILES string of the molecule is Cc1ccc([O-])c(C)c1.Cc1ccc([O-])c(C)c1.Cc1ccc([O-])c(C)c1.Cc1ccc([O-])c(C)c1.[Ti+2].[Ti+2]. The molecule has 0 aliphatic heterocycles. The topological polar surface area (TPSA) is 92.2 Å². The van der Waals surface area contributed by atoms with Gasteiger partial charge in [-0.3, -0.25) is 0 Å². The molecule has 6 heteroatoms. The zero-order valence-corrected chi connectivity index (χ0v) is 26.7. The van der Waals surface area contributed by atoms with Gasteiger partial charge in [-0.25, -0.2) is 0 Å². The van der Waals surface area contributed by atoms with Crippen LogP contribution in [0, 0.1) is 55.4 Å². The maximum Gasteiger partial charge on any atom is 2.00 e. The van der Waals surface area contributed by atoms with Gasteiger partial charge in [0.15, 0.2) is 0 Å². The molecule has 0 saturated carbocycles. The number of rotatable bonds is 0. The monoisotopic (exact) mass is 580 g/mol. The summed E-state index contributed by atoms with van der Waals surface area (Å²) >= 11 is 0. The Labute approximate surface area is 258 Å². The zero-order chi connectivity index (χ0) is 27.4. The first-order chi connectivity index (χ1) is 16.8. The van der Waals surface area contributed by atoms with Crippen molar-refractivity contribution in [1.29, 1.82) is 0 Å². The third-order valence-corrected chi connectivity index (χ3v) is 5.32. The summed E-state index contributed by atoms with van der Waals surface area (Å²) in [5.74, 6) is 0.502. The molecule has 196 valence electrons. The largest absolute Gasteiger partial charge is 2.00 e.